The van der Waals surface area contributed by atoms with E-state index in [1.807, 2.05) is 10.8 Å². The van der Waals surface area contributed by atoms with Crippen molar-refractivity contribution in [3.63, 3.8) is 0 Å². The molecule has 20 heavy (non-hydrogen) atoms. The Labute approximate surface area is 118 Å². The fraction of sp³-hybridized carbons (Fsp3) is 0.615. The smallest absolute Gasteiger partial charge is 0.323 e. The number of amides is 2. The van der Waals surface area contributed by atoms with Crippen LogP contribution in [0.15, 0.2) is 18.7 Å². The first-order valence-electron chi connectivity index (χ1n) is 6.53. The van der Waals surface area contributed by atoms with Crippen molar-refractivity contribution in [2.75, 3.05) is 13.1 Å². The summed E-state index contributed by atoms with van der Waals surface area (Å²) >= 11 is 0. The van der Waals surface area contributed by atoms with Gasteiger partial charge >= 0.3 is 12.0 Å². The van der Waals surface area contributed by atoms with E-state index >= 15 is 0 Å². The number of carboxylic acids is 1. The number of hydrogen-bond donors (Lipinski definition) is 2. The summed E-state index contributed by atoms with van der Waals surface area (Å²) in [4.78, 5) is 28.1. The summed E-state index contributed by atoms with van der Waals surface area (Å²) in [6.07, 6.45) is 6.03. The van der Waals surface area contributed by atoms with Gasteiger partial charge in [-0.2, -0.15) is 0 Å². The molecule has 0 aliphatic rings. The molecule has 0 aromatic carbocycles. The van der Waals surface area contributed by atoms with Gasteiger partial charge in [-0.05, 0) is 27.2 Å². The van der Waals surface area contributed by atoms with Crippen LogP contribution in [0.2, 0.25) is 0 Å². The Morgan fingerprint density at radius 1 is 1.40 bits per heavy atom. The molecule has 1 rings (SSSR count). The molecule has 0 radical (unpaired) electrons. The lowest BCUT2D eigenvalue weighted by Gasteiger charge is -2.34. The number of aliphatic carboxylic acids is 1. The zero-order valence-electron chi connectivity index (χ0n) is 12.2. The van der Waals surface area contributed by atoms with Crippen LogP contribution in [0.3, 0.4) is 0 Å². The lowest BCUT2D eigenvalue weighted by Crippen LogP contribution is -2.52. The van der Waals surface area contributed by atoms with Crippen LogP contribution in [-0.2, 0) is 11.3 Å². The molecule has 0 saturated heterocycles. The topological polar surface area (TPSA) is 87.5 Å². The number of hydrogen-bond acceptors (Lipinski definition) is 3. The molecular weight excluding hydrogens is 260 g/mol. The Morgan fingerprint density at radius 2 is 2.10 bits per heavy atom. The third kappa shape index (κ3) is 5.29. The summed E-state index contributed by atoms with van der Waals surface area (Å²) in [6, 6.07) is -0.356. The average molecular weight is 282 g/mol. The second kappa shape index (κ2) is 6.93. The number of carbonyl (C=O) groups is 2. The molecule has 0 atom stereocenters. The van der Waals surface area contributed by atoms with E-state index < -0.39 is 11.5 Å². The number of nitrogens with one attached hydrogen (secondary N) is 1. The van der Waals surface area contributed by atoms with Gasteiger partial charge in [0.05, 0.1) is 6.33 Å². The molecule has 0 spiro atoms. The van der Waals surface area contributed by atoms with Crippen LogP contribution in [0.25, 0.3) is 0 Å². The number of rotatable bonds is 6. The zero-order chi connectivity index (χ0) is 15.2. The van der Waals surface area contributed by atoms with Gasteiger partial charge in [0.15, 0.2) is 0 Å². The van der Waals surface area contributed by atoms with Crippen LogP contribution in [0.1, 0.15) is 27.2 Å². The van der Waals surface area contributed by atoms with E-state index in [0.29, 0.717) is 6.54 Å². The number of aromatic nitrogens is 2. The molecule has 0 unspecified atom stereocenters. The molecule has 0 aliphatic heterocycles. The van der Waals surface area contributed by atoms with Crippen molar-refractivity contribution in [2.45, 2.75) is 39.3 Å². The van der Waals surface area contributed by atoms with E-state index in [-0.39, 0.29) is 12.6 Å². The highest BCUT2D eigenvalue weighted by molar-refractivity contribution is 5.80. The van der Waals surface area contributed by atoms with Gasteiger partial charge in [-0.25, -0.2) is 9.78 Å². The molecule has 2 N–H and O–H groups in total. The molecule has 0 aliphatic carbocycles. The fourth-order valence-corrected chi connectivity index (χ4v) is 1.72. The second-order valence-corrected chi connectivity index (χ2v) is 5.54. The second-order valence-electron chi connectivity index (χ2n) is 5.54. The van der Waals surface area contributed by atoms with Gasteiger partial charge in [0.1, 0.15) is 6.54 Å². The molecule has 0 fully saturated rings. The first kappa shape index (κ1) is 16.0. The molecule has 1 heterocycles. The van der Waals surface area contributed by atoms with Crippen molar-refractivity contribution in [1.29, 1.82) is 0 Å². The highest BCUT2D eigenvalue weighted by atomic mass is 16.4. The average Bonchev–Trinajstić information content (AvgIpc) is 2.82. The number of carbonyl (C=O) groups excluding carboxylic acids is 1. The minimum Gasteiger partial charge on any atom is -0.480 e. The Bertz CT molecular complexity index is 437. The maximum atomic E-state index is 12.0. The molecular formula is C13H22N4O3. The molecule has 0 saturated carbocycles. The predicted octanol–water partition coefficient (Wildman–Crippen LogP) is 1.17. The summed E-state index contributed by atoms with van der Waals surface area (Å²) in [5.74, 6) is -1.02. The van der Waals surface area contributed by atoms with E-state index in [1.54, 1.807) is 33.3 Å². The maximum absolute atomic E-state index is 12.0. The molecule has 1 aromatic heterocycles. The Morgan fingerprint density at radius 3 is 2.60 bits per heavy atom. The standard InChI is InChI=1S/C13H22N4O3/c1-13(2,3)17(9-11(18)19)12(20)15-5-4-7-16-8-6-14-10-16/h6,8,10H,4-5,7,9H2,1-3H3,(H,15,20)(H,18,19). The summed E-state index contributed by atoms with van der Waals surface area (Å²) in [7, 11) is 0. The minimum absolute atomic E-state index is 0.309. The zero-order valence-corrected chi connectivity index (χ0v) is 12.2. The Hall–Kier alpha value is -2.05. The number of nitrogens with zero attached hydrogens (tertiary/aromatic N) is 3. The third-order valence-electron chi connectivity index (χ3n) is 2.78. The van der Waals surface area contributed by atoms with Crippen LogP contribution in [-0.4, -0.2) is 50.2 Å². The number of carboxylic acid groups (broad SMARTS) is 1. The van der Waals surface area contributed by atoms with Crippen molar-refractivity contribution >= 4 is 12.0 Å². The van der Waals surface area contributed by atoms with Crippen LogP contribution >= 0.6 is 0 Å². The van der Waals surface area contributed by atoms with E-state index in [9.17, 15) is 9.59 Å². The minimum atomic E-state index is -1.02. The van der Waals surface area contributed by atoms with Crippen molar-refractivity contribution < 1.29 is 14.7 Å². The third-order valence-corrected chi connectivity index (χ3v) is 2.78. The fourth-order valence-electron chi connectivity index (χ4n) is 1.72. The molecule has 7 heteroatoms. The van der Waals surface area contributed by atoms with E-state index in [2.05, 4.69) is 10.3 Å². The van der Waals surface area contributed by atoms with Crippen LogP contribution < -0.4 is 5.32 Å². The van der Waals surface area contributed by atoms with Crippen molar-refractivity contribution in [3.8, 4) is 0 Å². The highest BCUT2D eigenvalue weighted by Gasteiger charge is 2.27. The first-order valence-corrected chi connectivity index (χ1v) is 6.53. The molecule has 1 aromatic rings. The van der Waals surface area contributed by atoms with Crippen molar-refractivity contribution in [3.05, 3.63) is 18.7 Å². The maximum Gasteiger partial charge on any atom is 0.323 e. The number of urea groups is 1. The van der Waals surface area contributed by atoms with E-state index in [0.717, 1.165) is 13.0 Å². The molecule has 2 amide bonds. The van der Waals surface area contributed by atoms with Gasteiger partial charge in [0.25, 0.3) is 0 Å². The summed E-state index contributed by atoms with van der Waals surface area (Å²) in [5.41, 5.74) is -0.535. The SMILES string of the molecule is CC(C)(C)N(CC(=O)O)C(=O)NCCCn1ccnc1. The molecule has 112 valence electrons. The van der Waals surface area contributed by atoms with E-state index in [4.69, 9.17) is 5.11 Å². The van der Waals surface area contributed by atoms with Gasteiger partial charge in [-0.15, -0.1) is 0 Å². The molecule has 7 nitrogen and oxygen atoms in total. The monoisotopic (exact) mass is 282 g/mol. The lowest BCUT2D eigenvalue weighted by atomic mass is 10.1. The summed E-state index contributed by atoms with van der Waals surface area (Å²) in [6.45, 7) is 6.36. The van der Waals surface area contributed by atoms with Gasteiger partial charge in [0, 0.05) is 31.0 Å². The van der Waals surface area contributed by atoms with Crippen LogP contribution in [0.4, 0.5) is 4.79 Å². The van der Waals surface area contributed by atoms with Gasteiger partial charge in [-0.3, -0.25) is 4.79 Å². The molecule has 0 bridgehead atoms. The number of imidazole rings is 1. The lowest BCUT2D eigenvalue weighted by molar-refractivity contribution is -0.138. The van der Waals surface area contributed by atoms with E-state index in [1.165, 1.54) is 4.90 Å². The predicted molar refractivity (Wildman–Crippen MR) is 74.3 cm³/mol. The van der Waals surface area contributed by atoms with Crippen molar-refractivity contribution in [1.82, 2.24) is 19.8 Å². The summed E-state index contributed by atoms with van der Waals surface area (Å²) < 4.78 is 1.92. The quantitative estimate of drug-likeness (QED) is 0.767. The van der Waals surface area contributed by atoms with Gasteiger partial charge in [-0.1, -0.05) is 0 Å². The normalized spacial score (nSPS) is 11.2. The van der Waals surface area contributed by atoms with Crippen LogP contribution in [0.5, 0.6) is 0 Å². The van der Waals surface area contributed by atoms with Gasteiger partial charge < -0.3 is 19.9 Å². The highest BCUT2D eigenvalue weighted by Crippen LogP contribution is 2.12. The first-order chi connectivity index (χ1) is 9.30. The largest absolute Gasteiger partial charge is 0.480 e. The Balaban J connectivity index is 2.40. The Kier molecular flexibility index (Phi) is 5.54. The van der Waals surface area contributed by atoms with Crippen LogP contribution in [0, 0.1) is 0 Å². The van der Waals surface area contributed by atoms with Gasteiger partial charge in [0.2, 0.25) is 0 Å². The number of aryl methyl sites for hydroxylation is 1. The summed E-state index contributed by atoms with van der Waals surface area (Å²) in [5, 5.41) is 11.6. The van der Waals surface area contributed by atoms with Crippen molar-refractivity contribution in [2.24, 2.45) is 0 Å².